The van der Waals surface area contributed by atoms with E-state index in [1.807, 2.05) is 0 Å². The quantitative estimate of drug-likeness (QED) is 0.322. The Morgan fingerprint density at radius 1 is 0.500 bits per heavy atom. The third-order valence-corrected chi connectivity index (χ3v) is 16.2. The summed E-state index contributed by atoms with van der Waals surface area (Å²) in [6.45, 7) is 9.65. The van der Waals surface area contributed by atoms with E-state index < -0.39 is 23.9 Å². The third-order valence-electron chi connectivity index (χ3n) is 7.60. The lowest BCUT2D eigenvalue weighted by molar-refractivity contribution is 0.598. The summed E-state index contributed by atoms with van der Waals surface area (Å²) >= 11 is 0. The second-order valence-corrected chi connectivity index (χ2v) is 20.4. The van der Waals surface area contributed by atoms with Crippen molar-refractivity contribution in [3.8, 4) is 22.3 Å². The van der Waals surface area contributed by atoms with Gasteiger partial charge in [-0.2, -0.15) is 0 Å². The van der Waals surface area contributed by atoms with Gasteiger partial charge < -0.3 is 0 Å². The van der Waals surface area contributed by atoms with E-state index in [0.29, 0.717) is 0 Å². The maximum Gasteiger partial charge on any atom is 0.415 e. The van der Waals surface area contributed by atoms with E-state index in [4.69, 9.17) is 0 Å². The average molecular weight is 466 g/mol. The van der Waals surface area contributed by atoms with Crippen LogP contribution in [0.25, 0.3) is 22.3 Å². The predicted octanol–water partition coefficient (Wildman–Crippen LogP) is 4.07. The summed E-state index contributed by atoms with van der Waals surface area (Å²) in [7, 11) is -5.15. The lowest BCUT2D eigenvalue weighted by atomic mass is 10.1. The average Bonchev–Trinajstić information content (AvgIpc) is 3.18. The van der Waals surface area contributed by atoms with Crippen molar-refractivity contribution in [1.29, 1.82) is 0 Å². The highest BCUT2D eigenvalue weighted by Crippen LogP contribution is 2.31. The Morgan fingerprint density at radius 3 is 1.31 bits per heavy atom. The van der Waals surface area contributed by atoms with Gasteiger partial charge in [-0.3, -0.25) is 0 Å². The second-order valence-electron chi connectivity index (χ2n) is 10.1. The Bertz CT molecular complexity index is 1340. The first-order valence-corrected chi connectivity index (χ1v) is 18.5. The van der Waals surface area contributed by atoms with Crippen molar-refractivity contribution in [2.45, 2.75) is 26.2 Å². The lowest BCUT2D eigenvalue weighted by Crippen LogP contribution is -2.50. The van der Waals surface area contributed by atoms with Crippen molar-refractivity contribution >= 4 is 55.3 Å². The highest BCUT2D eigenvalue weighted by molar-refractivity contribution is 7.61. The van der Waals surface area contributed by atoms with Crippen molar-refractivity contribution in [1.82, 2.24) is 0 Å². The zero-order chi connectivity index (χ0) is 22.3. The normalized spacial score (nSPS) is 16.1. The van der Waals surface area contributed by atoms with E-state index in [0.717, 1.165) is 10.6 Å². The summed E-state index contributed by atoms with van der Waals surface area (Å²) in [6.07, 6.45) is 0. The van der Waals surface area contributed by atoms with Gasteiger partial charge in [-0.05, 0) is 79.4 Å². The van der Waals surface area contributed by atoms with E-state index >= 15 is 0 Å². The van der Waals surface area contributed by atoms with Crippen LogP contribution >= 0.6 is 7.80 Å². The lowest BCUT2D eigenvalue weighted by Gasteiger charge is -2.18. The van der Waals surface area contributed by atoms with Gasteiger partial charge in [-0.1, -0.05) is 79.3 Å². The molecular formula is C28H26OPSi2+. The Morgan fingerprint density at radius 2 is 0.875 bits per heavy atom. The molecule has 0 aromatic heterocycles. The van der Waals surface area contributed by atoms with Crippen LogP contribution in [0.3, 0.4) is 0 Å². The molecule has 0 saturated carbocycles. The van der Waals surface area contributed by atoms with Crippen molar-refractivity contribution in [3.05, 3.63) is 84.9 Å². The summed E-state index contributed by atoms with van der Waals surface area (Å²) in [5, 5.41) is 7.74. The molecular weight excluding hydrogens is 439 g/mol. The maximum absolute atomic E-state index is 13.8. The summed E-state index contributed by atoms with van der Waals surface area (Å²) in [5.74, 6) is 0. The Labute approximate surface area is 193 Å². The SMILES string of the molecule is C[Si]1(C)c2ccccc2-c2ccc([P+](=O)c3ccc4c(c3)[Si](C)(C)c3ccccc3-4)cc21. The number of hydrogen-bond donors (Lipinski definition) is 0. The van der Waals surface area contributed by atoms with Gasteiger partial charge >= 0.3 is 7.80 Å². The van der Waals surface area contributed by atoms with Crippen LogP contribution in [-0.4, -0.2) is 16.1 Å². The molecule has 32 heavy (non-hydrogen) atoms. The standard InChI is InChI=1S/C28H26OPSi2/c1-31(2)25-11-7-5-9-21(25)23-15-13-19(17-27(23)31)30(29)20-14-16-24-22-10-6-8-12-26(22)32(3,4)28(24)18-20/h5-18H,1-4H3/q+1. The van der Waals surface area contributed by atoms with Crippen LogP contribution in [-0.2, 0) is 4.57 Å². The molecule has 0 aliphatic carbocycles. The third kappa shape index (κ3) is 2.62. The van der Waals surface area contributed by atoms with Gasteiger partial charge in [-0.15, -0.1) is 0 Å². The second kappa shape index (κ2) is 6.71. The molecule has 0 radical (unpaired) electrons. The molecule has 0 fully saturated rings. The number of fused-ring (bicyclic) bond motifs is 6. The molecule has 2 heterocycles. The van der Waals surface area contributed by atoms with Crippen LogP contribution in [0.5, 0.6) is 0 Å². The van der Waals surface area contributed by atoms with E-state index in [-0.39, 0.29) is 0 Å². The van der Waals surface area contributed by atoms with Crippen LogP contribution in [0.15, 0.2) is 84.9 Å². The number of hydrogen-bond acceptors (Lipinski definition) is 1. The molecule has 2 aliphatic heterocycles. The largest absolute Gasteiger partial charge is 0.415 e. The number of benzene rings is 4. The fourth-order valence-electron chi connectivity index (χ4n) is 5.79. The van der Waals surface area contributed by atoms with Gasteiger partial charge in [0, 0.05) is 0 Å². The molecule has 4 aromatic rings. The zero-order valence-electron chi connectivity index (χ0n) is 18.9. The highest BCUT2D eigenvalue weighted by Gasteiger charge is 2.41. The van der Waals surface area contributed by atoms with Crippen molar-refractivity contribution in [3.63, 3.8) is 0 Å². The van der Waals surface area contributed by atoms with E-state index in [1.165, 1.54) is 43.0 Å². The molecule has 4 aromatic carbocycles. The van der Waals surface area contributed by atoms with Crippen LogP contribution in [0, 0.1) is 0 Å². The van der Waals surface area contributed by atoms with Gasteiger partial charge in [0.2, 0.25) is 0 Å². The molecule has 0 saturated heterocycles. The molecule has 0 unspecified atom stereocenters. The Hall–Kier alpha value is -2.59. The first kappa shape index (κ1) is 20.1. The minimum atomic E-state index is -1.76. The molecule has 2 aliphatic rings. The molecule has 6 rings (SSSR count). The maximum atomic E-state index is 13.8. The van der Waals surface area contributed by atoms with Crippen molar-refractivity contribution in [2.75, 3.05) is 0 Å². The molecule has 0 bridgehead atoms. The molecule has 0 atom stereocenters. The van der Waals surface area contributed by atoms with Crippen molar-refractivity contribution < 1.29 is 4.57 Å². The summed E-state index contributed by atoms with van der Waals surface area (Å²) < 4.78 is 13.8. The molecule has 0 amide bonds. The predicted molar refractivity (Wildman–Crippen MR) is 144 cm³/mol. The van der Waals surface area contributed by atoms with Gasteiger partial charge in [-0.25, -0.2) is 0 Å². The minimum Gasteiger partial charge on any atom is -0.0623 e. The smallest absolute Gasteiger partial charge is 0.0623 e. The van der Waals surface area contributed by atoms with Gasteiger partial charge in [0.25, 0.3) is 0 Å². The van der Waals surface area contributed by atoms with Crippen LogP contribution in [0.4, 0.5) is 0 Å². The Balaban J connectivity index is 1.43. The van der Waals surface area contributed by atoms with Crippen molar-refractivity contribution in [2.24, 2.45) is 0 Å². The molecule has 0 N–H and O–H groups in total. The van der Waals surface area contributed by atoms with Gasteiger partial charge in [0.05, 0.1) is 0 Å². The van der Waals surface area contributed by atoms with E-state index in [9.17, 15) is 4.57 Å². The van der Waals surface area contributed by atoms with E-state index in [2.05, 4.69) is 111 Å². The first-order valence-electron chi connectivity index (χ1n) is 11.3. The molecule has 4 heteroatoms. The van der Waals surface area contributed by atoms with Gasteiger partial charge in [0.15, 0.2) is 10.6 Å². The number of rotatable bonds is 2. The van der Waals surface area contributed by atoms with Crippen LogP contribution in [0.2, 0.25) is 26.2 Å². The molecule has 156 valence electrons. The summed E-state index contributed by atoms with van der Waals surface area (Å²) in [4.78, 5) is 0. The topological polar surface area (TPSA) is 17.1 Å². The zero-order valence-corrected chi connectivity index (χ0v) is 21.8. The fraction of sp³-hybridized carbons (Fsp3) is 0.143. The summed E-state index contributed by atoms with van der Waals surface area (Å²) in [5.41, 5.74) is 5.40. The highest BCUT2D eigenvalue weighted by atomic mass is 31.1. The van der Waals surface area contributed by atoms with Crippen LogP contribution < -0.4 is 31.4 Å². The fourth-order valence-corrected chi connectivity index (χ4v) is 13.4. The van der Waals surface area contributed by atoms with E-state index in [1.54, 1.807) is 0 Å². The van der Waals surface area contributed by atoms with Gasteiger partial charge in [0.1, 0.15) is 16.1 Å². The minimum absolute atomic E-state index is 0.960. The Kier molecular flexibility index (Phi) is 4.20. The molecule has 0 spiro atoms. The summed E-state index contributed by atoms with van der Waals surface area (Å²) in [6, 6.07) is 30.7. The van der Waals surface area contributed by atoms with Crippen LogP contribution in [0.1, 0.15) is 0 Å². The molecule has 1 nitrogen and oxygen atoms in total. The monoisotopic (exact) mass is 465 g/mol. The first-order chi connectivity index (χ1) is 15.3.